The Morgan fingerprint density at radius 1 is 1.14 bits per heavy atom. The molecule has 7 heteroatoms. The summed E-state index contributed by atoms with van der Waals surface area (Å²) in [5.74, 6) is 0.0995. The highest BCUT2D eigenvalue weighted by molar-refractivity contribution is 7.98. The monoisotopic (exact) mass is 432 g/mol. The van der Waals surface area contributed by atoms with Gasteiger partial charge in [-0.1, -0.05) is 13.0 Å². The number of rotatable bonds is 6. The maximum Gasteiger partial charge on any atom is 0.251 e. The summed E-state index contributed by atoms with van der Waals surface area (Å²) in [7, 11) is -3.17. The predicted molar refractivity (Wildman–Crippen MR) is 120 cm³/mol. The third-order valence-electron chi connectivity index (χ3n) is 5.46. The topological polar surface area (TPSA) is 66.5 Å². The zero-order chi connectivity index (χ0) is 21.0. The number of nitrogens with zero attached hydrogens (tertiary/aromatic N) is 1. The largest absolute Gasteiger partial charge is 0.371 e. The molecule has 156 valence electrons. The molecule has 3 rings (SSSR count). The average Bonchev–Trinajstić information content (AvgIpc) is 2.74. The molecule has 1 aliphatic rings. The third-order valence-corrected chi connectivity index (χ3v) is 7.94. The molecule has 0 spiro atoms. The molecule has 1 amide bonds. The van der Waals surface area contributed by atoms with Crippen LogP contribution in [-0.4, -0.2) is 45.5 Å². The zero-order valence-electron chi connectivity index (χ0n) is 17.1. The Hall–Kier alpha value is -1.99. The smallest absolute Gasteiger partial charge is 0.251 e. The Labute approximate surface area is 177 Å². The molecule has 0 aliphatic carbocycles. The molecule has 0 radical (unpaired) electrons. The number of nitrogens with one attached hydrogen (secondary N) is 1. The molecule has 1 aliphatic heterocycles. The second-order valence-electron chi connectivity index (χ2n) is 7.31. The van der Waals surface area contributed by atoms with E-state index in [2.05, 4.69) is 10.2 Å². The first-order valence-electron chi connectivity index (χ1n) is 9.87. The van der Waals surface area contributed by atoms with Crippen molar-refractivity contribution >= 4 is 33.2 Å². The van der Waals surface area contributed by atoms with Gasteiger partial charge in [0.15, 0.2) is 9.84 Å². The van der Waals surface area contributed by atoms with Crippen LogP contribution in [0.25, 0.3) is 0 Å². The number of piperidine rings is 1. The lowest BCUT2D eigenvalue weighted by Gasteiger charge is -2.34. The number of sulfone groups is 1. The van der Waals surface area contributed by atoms with Gasteiger partial charge in [0.2, 0.25) is 0 Å². The minimum atomic E-state index is -3.17. The Balaban J connectivity index is 1.59. The van der Waals surface area contributed by atoms with E-state index in [9.17, 15) is 13.2 Å². The van der Waals surface area contributed by atoms with Crippen LogP contribution in [0.2, 0.25) is 0 Å². The Bertz CT molecular complexity index is 964. The van der Waals surface area contributed by atoms with Gasteiger partial charge in [-0.3, -0.25) is 4.79 Å². The van der Waals surface area contributed by atoms with Crippen LogP contribution in [0, 0.1) is 6.92 Å². The van der Waals surface area contributed by atoms with Crippen LogP contribution in [0.15, 0.2) is 52.3 Å². The number of thioether (sulfide) groups is 1. The molecule has 2 aromatic carbocycles. The van der Waals surface area contributed by atoms with E-state index in [-0.39, 0.29) is 17.7 Å². The highest BCUT2D eigenvalue weighted by atomic mass is 32.2. The molecule has 1 heterocycles. The summed E-state index contributed by atoms with van der Waals surface area (Å²) in [5.41, 5.74) is 2.75. The van der Waals surface area contributed by atoms with Crippen LogP contribution in [0.3, 0.4) is 0 Å². The molecule has 0 bridgehead atoms. The average molecular weight is 433 g/mol. The Kier molecular flexibility index (Phi) is 6.90. The van der Waals surface area contributed by atoms with Crippen LogP contribution < -0.4 is 10.2 Å². The Morgan fingerprint density at radius 3 is 2.38 bits per heavy atom. The van der Waals surface area contributed by atoms with Crippen molar-refractivity contribution in [3.63, 3.8) is 0 Å². The van der Waals surface area contributed by atoms with Gasteiger partial charge in [0.05, 0.1) is 10.6 Å². The number of aryl methyl sites for hydroxylation is 1. The molecule has 29 heavy (non-hydrogen) atoms. The predicted octanol–water partition coefficient (Wildman–Crippen LogP) is 3.91. The quantitative estimate of drug-likeness (QED) is 0.701. The normalized spacial score (nSPS) is 15.3. The number of benzene rings is 2. The molecular weight excluding hydrogens is 404 g/mol. The van der Waals surface area contributed by atoms with Gasteiger partial charge in [0.1, 0.15) is 0 Å². The summed E-state index contributed by atoms with van der Waals surface area (Å²) in [6.07, 6.45) is 3.73. The van der Waals surface area contributed by atoms with Crippen molar-refractivity contribution in [2.24, 2.45) is 0 Å². The first-order chi connectivity index (χ1) is 13.8. The standard InChI is InChI=1S/C22H28N2O3S2/c1-4-29(26,27)20-9-6-18(7-10-20)24-13-11-17(12-14-24)23-22(25)21-15-19(28-3)8-5-16(21)2/h5-10,15,17H,4,11-14H2,1-3H3,(H,23,25). The van der Waals surface area contributed by atoms with Crippen LogP contribution in [0.1, 0.15) is 35.7 Å². The zero-order valence-corrected chi connectivity index (χ0v) is 18.8. The molecule has 1 saturated heterocycles. The van der Waals surface area contributed by atoms with Gasteiger partial charge in [-0.05, 0) is 68.0 Å². The van der Waals surface area contributed by atoms with Crippen LogP contribution >= 0.6 is 11.8 Å². The van der Waals surface area contributed by atoms with Gasteiger partial charge in [-0.25, -0.2) is 8.42 Å². The van der Waals surface area contributed by atoms with E-state index in [4.69, 9.17) is 0 Å². The second kappa shape index (κ2) is 9.22. The van der Waals surface area contributed by atoms with Gasteiger partial charge in [0, 0.05) is 35.3 Å². The van der Waals surface area contributed by atoms with Crippen LogP contribution in [0.4, 0.5) is 5.69 Å². The van der Waals surface area contributed by atoms with Crippen molar-refractivity contribution in [3.8, 4) is 0 Å². The second-order valence-corrected chi connectivity index (χ2v) is 10.5. The summed E-state index contributed by atoms with van der Waals surface area (Å²) in [5, 5.41) is 3.18. The van der Waals surface area contributed by atoms with Crippen molar-refractivity contribution in [2.75, 3.05) is 30.0 Å². The number of hydrogen-bond acceptors (Lipinski definition) is 5. The number of anilines is 1. The molecule has 0 saturated carbocycles. The highest BCUT2D eigenvalue weighted by Crippen LogP contribution is 2.23. The van der Waals surface area contributed by atoms with Crippen molar-refractivity contribution in [1.29, 1.82) is 0 Å². The third kappa shape index (κ3) is 5.14. The van der Waals surface area contributed by atoms with E-state index >= 15 is 0 Å². The maximum absolute atomic E-state index is 12.7. The molecular formula is C22H28N2O3S2. The minimum absolute atomic E-state index is 0.00836. The Morgan fingerprint density at radius 2 is 1.79 bits per heavy atom. The maximum atomic E-state index is 12.7. The fourth-order valence-electron chi connectivity index (χ4n) is 3.55. The lowest BCUT2D eigenvalue weighted by atomic mass is 10.0. The minimum Gasteiger partial charge on any atom is -0.371 e. The van der Waals surface area contributed by atoms with E-state index in [1.165, 1.54) is 0 Å². The summed E-state index contributed by atoms with van der Waals surface area (Å²) in [6.45, 7) is 5.27. The van der Waals surface area contributed by atoms with Crippen molar-refractivity contribution < 1.29 is 13.2 Å². The van der Waals surface area contributed by atoms with Gasteiger partial charge in [-0.2, -0.15) is 0 Å². The van der Waals surface area contributed by atoms with E-state index in [1.807, 2.05) is 43.5 Å². The van der Waals surface area contributed by atoms with Gasteiger partial charge in [-0.15, -0.1) is 11.8 Å². The lowest BCUT2D eigenvalue weighted by molar-refractivity contribution is 0.0930. The first kappa shape index (κ1) is 21.7. The van der Waals surface area contributed by atoms with Gasteiger partial charge < -0.3 is 10.2 Å². The summed E-state index contributed by atoms with van der Waals surface area (Å²) in [6, 6.07) is 13.2. The molecule has 1 fully saturated rings. The van der Waals surface area contributed by atoms with E-state index < -0.39 is 9.84 Å². The van der Waals surface area contributed by atoms with Crippen molar-refractivity contribution in [2.45, 2.75) is 42.5 Å². The summed E-state index contributed by atoms with van der Waals surface area (Å²) in [4.78, 5) is 16.4. The molecule has 0 aromatic heterocycles. The van der Waals surface area contributed by atoms with Gasteiger partial charge >= 0.3 is 0 Å². The number of carbonyl (C=O) groups excluding carboxylic acids is 1. The van der Waals surface area contributed by atoms with Crippen molar-refractivity contribution in [1.82, 2.24) is 5.32 Å². The molecule has 0 unspecified atom stereocenters. The molecule has 2 aromatic rings. The fraction of sp³-hybridized carbons (Fsp3) is 0.409. The summed E-state index contributed by atoms with van der Waals surface area (Å²) >= 11 is 1.63. The lowest BCUT2D eigenvalue weighted by Crippen LogP contribution is -2.44. The molecule has 1 N–H and O–H groups in total. The number of carbonyl (C=O) groups is 1. The molecule has 0 atom stereocenters. The van der Waals surface area contributed by atoms with E-state index in [0.717, 1.165) is 47.6 Å². The fourth-order valence-corrected chi connectivity index (χ4v) is 4.87. The number of amides is 1. The van der Waals surface area contributed by atoms with Gasteiger partial charge in [0.25, 0.3) is 5.91 Å². The first-order valence-corrected chi connectivity index (χ1v) is 12.7. The van der Waals surface area contributed by atoms with Crippen LogP contribution in [-0.2, 0) is 9.84 Å². The van der Waals surface area contributed by atoms with Crippen LogP contribution in [0.5, 0.6) is 0 Å². The SMILES string of the molecule is CCS(=O)(=O)c1ccc(N2CCC(NC(=O)c3cc(SC)ccc3C)CC2)cc1. The summed E-state index contributed by atoms with van der Waals surface area (Å²) < 4.78 is 23.9. The van der Waals surface area contributed by atoms with Crippen molar-refractivity contribution in [3.05, 3.63) is 53.6 Å². The number of hydrogen-bond donors (Lipinski definition) is 1. The highest BCUT2D eigenvalue weighted by Gasteiger charge is 2.22. The molecule has 5 nitrogen and oxygen atoms in total. The van der Waals surface area contributed by atoms with E-state index in [1.54, 1.807) is 30.8 Å². The van der Waals surface area contributed by atoms with E-state index in [0.29, 0.717) is 4.90 Å².